The van der Waals surface area contributed by atoms with E-state index in [1.165, 1.54) is 0 Å². The molecule has 3 aromatic rings. The van der Waals surface area contributed by atoms with Crippen LogP contribution in [-0.4, -0.2) is 48.8 Å². The predicted octanol–water partition coefficient (Wildman–Crippen LogP) is 2.75. The molecule has 0 bridgehead atoms. The van der Waals surface area contributed by atoms with E-state index in [2.05, 4.69) is 10.2 Å². The highest BCUT2D eigenvalue weighted by atomic mass is 16.7. The summed E-state index contributed by atoms with van der Waals surface area (Å²) in [6.45, 7) is 1.25. The maximum absolute atomic E-state index is 13.1. The van der Waals surface area contributed by atoms with Gasteiger partial charge in [-0.3, -0.25) is 9.78 Å². The molecule has 0 fully saturated rings. The fraction of sp³-hybridized carbons (Fsp3) is 0.261. The molecule has 31 heavy (non-hydrogen) atoms. The molecule has 0 atom stereocenters. The van der Waals surface area contributed by atoms with E-state index >= 15 is 0 Å². The second kappa shape index (κ2) is 7.88. The first-order chi connectivity index (χ1) is 15.1. The number of pyridine rings is 1. The fourth-order valence-corrected chi connectivity index (χ4v) is 3.93. The van der Waals surface area contributed by atoms with Gasteiger partial charge in [0.2, 0.25) is 6.79 Å². The van der Waals surface area contributed by atoms with E-state index in [4.69, 9.17) is 19.2 Å². The average Bonchev–Trinajstić information content (AvgIpc) is 3.24. The summed E-state index contributed by atoms with van der Waals surface area (Å²) in [5, 5.41) is 3.45. The number of benzene rings is 2. The minimum absolute atomic E-state index is 0.156. The number of nitrogens with zero attached hydrogens (tertiary/aromatic N) is 2. The van der Waals surface area contributed by atoms with Crippen molar-refractivity contribution < 1.29 is 23.8 Å². The number of carbonyl (C=O) groups excluding carboxylic acids is 2. The molecule has 0 spiro atoms. The van der Waals surface area contributed by atoms with Crippen molar-refractivity contribution in [1.82, 2.24) is 9.88 Å². The van der Waals surface area contributed by atoms with Crippen molar-refractivity contribution in [1.29, 1.82) is 0 Å². The molecule has 2 aliphatic rings. The zero-order chi connectivity index (χ0) is 21.4. The van der Waals surface area contributed by atoms with Crippen LogP contribution in [0.5, 0.6) is 11.5 Å². The van der Waals surface area contributed by atoms with Crippen molar-refractivity contribution in [3.63, 3.8) is 0 Å². The Labute approximate surface area is 178 Å². The lowest BCUT2D eigenvalue weighted by atomic mass is 9.96. The first-order valence-electron chi connectivity index (χ1n) is 10.0. The van der Waals surface area contributed by atoms with Crippen molar-refractivity contribution in [3.8, 4) is 11.5 Å². The number of hydrogen-bond acceptors (Lipinski definition) is 7. The van der Waals surface area contributed by atoms with Crippen molar-refractivity contribution in [2.24, 2.45) is 0 Å². The van der Waals surface area contributed by atoms with E-state index in [-0.39, 0.29) is 6.79 Å². The van der Waals surface area contributed by atoms with Crippen LogP contribution in [0.25, 0.3) is 10.9 Å². The Hall–Kier alpha value is -3.65. The quantitative estimate of drug-likeness (QED) is 0.651. The summed E-state index contributed by atoms with van der Waals surface area (Å²) in [4.78, 5) is 32.3. The number of amides is 1. The Kier molecular flexibility index (Phi) is 4.91. The molecule has 8 heteroatoms. The summed E-state index contributed by atoms with van der Waals surface area (Å²) in [7, 11) is 2.01. The van der Waals surface area contributed by atoms with Gasteiger partial charge in [-0.05, 0) is 25.2 Å². The van der Waals surface area contributed by atoms with Gasteiger partial charge < -0.3 is 24.4 Å². The number of para-hydroxylation sites is 1. The summed E-state index contributed by atoms with van der Waals surface area (Å²) >= 11 is 0. The smallest absolute Gasteiger partial charge is 0.339 e. The number of fused-ring (bicyclic) bond motifs is 3. The van der Waals surface area contributed by atoms with E-state index in [1.807, 2.05) is 31.3 Å². The summed E-state index contributed by atoms with van der Waals surface area (Å²) in [5.74, 6) is 0.236. The molecule has 0 radical (unpaired) electrons. The molecule has 0 saturated carbocycles. The molecule has 1 amide bonds. The molecular formula is C23H21N3O5. The van der Waals surface area contributed by atoms with Crippen molar-refractivity contribution >= 4 is 28.5 Å². The normalized spacial score (nSPS) is 14.9. The molecule has 2 aliphatic heterocycles. The van der Waals surface area contributed by atoms with Crippen molar-refractivity contribution in [3.05, 3.63) is 59.3 Å². The van der Waals surface area contributed by atoms with Crippen LogP contribution in [0.1, 0.15) is 21.6 Å². The maximum atomic E-state index is 13.1. The Morgan fingerprint density at radius 3 is 2.90 bits per heavy atom. The van der Waals surface area contributed by atoms with Crippen LogP contribution < -0.4 is 14.8 Å². The van der Waals surface area contributed by atoms with E-state index < -0.39 is 18.5 Å². The topological polar surface area (TPSA) is 90.0 Å². The molecule has 0 unspecified atom stereocenters. The van der Waals surface area contributed by atoms with Gasteiger partial charge in [-0.1, -0.05) is 18.2 Å². The Morgan fingerprint density at radius 1 is 1.16 bits per heavy atom. The molecule has 158 valence electrons. The standard InChI is InChI=1S/C23H21N3O5/c1-26-9-8-18-16(11-26)22(15-4-2-3-5-17(15)25-18)23(28)29-12-21(27)24-14-6-7-19-20(10-14)31-13-30-19/h2-7,10H,8-9,11-13H2,1H3,(H,24,27). The van der Waals surface area contributed by atoms with E-state index in [1.54, 1.807) is 18.2 Å². The molecule has 0 aliphatic carbocycles. The predicted molar refractivity (Wildman–Crippen MR) is 113 cm³/mol. The highest BCUT2D eigenvalue weighted by molar-refractivity contribution is 6.06. The van der Waals surface area contributed by atoms with Gasteiger partial charge in [0.25, 0.3) is 5.91 Å². The third-order valence-corrected chi connectivity index (χ3v) is 5.43. The minimum atomic E-state index is -0.522. The van der Waals surface area contributed by atoms with Gasteiger partial charge in [0.15, 0.2) is 18.1 Å². The third-order valence-electron chi connectivity index (χ3n) is 5.43. The van der Waals surface area contributed by atoms with Gasteiger partial charge in [-0.2, -0.15) is 0 Å². The van der Waals surface area contributed by atoms with Gasteiger partial charge in [0.1, 0.15) is 0 Å². The lowest BCUT2D eigenvalue weighted by Crippen LogP contribution is -2.30. The van der Waals surface area contributed by atoms with Gasteiger partial charge in [-0.25, -0.2) is 4.79 Å². The number of carbonyl (C=O) groups is 2. The summed E-state index contributed by atoms with van der Waals surface area (Å²) in [5.41, 5.74) is 3.56. The Balaban J connectivity index is 1.34. The minimum Gasteiger partial charge on any atom is -0.454 e. The van der Waals surface area contributed by atoms with Gasteiger partial charge in [0, 0.05) is 47.9 Å². The molecule has 8 nitrogen and oxygen atoms in total. The van der Waals surface area contributed by atoms with E-state index in [9.17, 15) is 9.59 Å². The van der Waals surface area contributed by atoms with Crippen molar-refractivity contribution in [2.45, 2.75) is 13.0 Å². The second-order valence-electron chi connectivity index (χ2n) is 7.61. The third kappa shape index (κ3) is 3.77. The molecule has 5 rings (SSSR count). The number of rotatable bonds is 4. The number of hydrogen-bond donors (Lipinski definition) is 1. The van der Waals surface area contributed by atoms with Crippen molar-refractivity contribution in [2.75, 3.05) is 32.3 Å². The number of aromatic nitrogens is 1. The molecule has 0 saturated heterocycles. The van der Waals surface area contributed by atoms with E-state index in [0.29, 0.717) is 29.3 Å². The fourth-order valence-electron chi connectivity index (χ4n) is 3.93. The largest absolute Gasteiger partial charge is 0.454 e. The summed E-state index contributed by atoms with van der Waals surface area (Å²) < 4.78 is 16.0. The first kappa shape index (κ1) is 19.3. The van der Waals surface area contributed by atoms with Crippen LogP contribution in [0.4, 0.5) is 5.69 Å². The zero-order valence-corrected chi connectivity index (χ0v) is 17.0. The van der Waals surface area contributed by atoms with Gasteiger partial charge in [-0.15, -0.1) is 0 Å². The number of esters is 1. The molecule has 3 heterocycles. The van der Waals surface area contributed by atoms with Crippen LogP contribution >= 0.6 is 0 Å². The average molecular weight is 419 g/mol. The lowest BCUT2D eigenvalue weighted by molar-refractivity contribution is -0.119. The van der Waals surface area contributed by atoms with E-state index in [0.717, 1.165) is 35.1 Å². The number of ether oxygens (including phenoxy) is 3. The number of nitrogens with one attached hydrogen (secondary N) is 1. The van der Waals surface area contributed by atoms with Crippen LogP contribution in [0.15, 0.2) is 42.5 Å². The van der Waals surface area contributed by atoms with Crippen LogP contribution in [0.3, 0.4) is 0 Å². The summed E-state index contributed by atoms with van der Waals surface area (Å²) in [6.07, 6.45) is 0.765. The van der Waals surface area contributed by atoms with Crippen LogP contribution in [0, 0.1) is 0 Å². The van der Waals surface area contributed by atoms with Crippen LogP contribution in [0.2, 0.25) is 0 Å². The SMILES string of the molecule is CN1CCc2nc3ccccc3c(C(=O)OCC(=O)Nc3ccc4c(c3)OCO4)c2C1. The number of anilines is 1. The van der Waals surface area contributed by atoms with Gasteiger partial charge in [0.05, 0.1) is 11.1 Å². The summed E-state index contributed by atoms with van der Waals surface area (Å²) in [6, 6.07) is 12.6. The molecule has 1 N–H and O–H groups in total. The monoisotopic (exact) mass is 419 g/mol. The highest BCUT2D eigenvalue weighted by Crippen LogP contribution is 2.34. The Morgan fingerprint density at radius 2 is 2.00 bits per heavy atom. The highest BCUT2D eigenvalue weighted by Gasteiger charge is 2.26. The molecule has 2 aromatic carbocycles. The first-order valence-corrected chi connectivity index (χ1v) is 10.0. The molecular weight excluding hydrogens is 398 g/mol. The lowest BCUT2D eigenvalue weighted by Gasteiger charge is -2.26. The zero-order valence-electron chi connectivity index (χ0n) is 17.0. The second-order valence-corrected chi connectivity index (χ2v) is 7.61. The maximum Gasteiger partial charge on any atom is 0.339 e. The Bertz CT molecular complexity index is 1190. The van der Waals surface area contributed by atoms with Crippen LogP contribution in [-0.2, 0) is 22.5 Å². The number of likely N-dealkylation sites (N-methyl/N-ethyl adjacent to an activating group) is 1. The molecule has 1 aromatic heterocycles. The van der Waals surface area contributed by atoms with Gasteiger partial charge >= 0.3 is 5.97 Å².